The van der Waals surface area contributed by atoms with Crippen LogP contribution in [0.15, 0.2) is 48.5 Å². The first-order valence-corrected chi connectivity index (χ1v) is 13.2. The zero-order chi connectivity index (χ0) is 25.5. The van der Waals surface area contributed by atoms with Crippen LogP contribution in [0.25, 0.3) is 0 Å². The molecule has 0 saturated heterocycles. The van der Waals surface area contributed by atoms with E-state index >= 15 is 0 Å². The summed E-state index contributed by atoms with van der Waals surface area (Å²) in [6.45, 7) is 6.62. The van der Waals surface area contributed by atoms with Crippen LogP contribution in [0, 0.1) is 5.82 Å². The predicted octanol–water partition coefficient (Wildman–Crippen LogP) is 3.49. The van der Waals surface area contributed by atoms with Crippen molar-refractivity contribution in [3.05, 3.63) is 65.5 Å². The van der Waals surface area contributed by atoms with Crippen LogP contribution >= 0.6 is 0 Å². The molecule has 7 nitrogen and oxygen atoms in total. The van der Waals surface area contributed by atoms with Gasteiger partial charge in [0.25, 0.3) is 0 Å². The van der Waals surface area contributed by atoms with E-state index in [4.69, 9.17) is 0 Å². The SMILES string of the molecule is CCc1ccc(N(CC(=O)N(Cc2ccccc2F)[C@@H](C)C(=O)N[C@H](C)CC)S(C)(=O)=O)cc1. The number of halogens is 1. The maximum atomic E-state index is 14.4. The number of sulfonamides is 1. The van der Waals surface area contributed by atoms with Gasteiger partial charge in [0.05, 0.1) is 11.9 Å². The maximum Gasteiger partial charge on any atom is 0.244 e. The van der Waals surface area contributed by atoms with Gasteiger partial charge in [-0.05, 0) is 50.5 Å². The fraction of sp³-hybridized carbons (Fsp3) is 0.440. The molecule has 0 radical (unpaired) electrons. The first kappa shape index (κ1) is 27.3. The second kappa shape index (κ2) is 12.0. The summed E-state index contributed by atoms with van der Waals surface area (Å²) >= 11 is 0. The van der Waals surface area contributed by atoms with Crippen molar-refractivity contribution in [1.29, 1.82) is 0 Å². The molecule has 0 aliphatic carbocycles. The molecular formula is C25H34FN3O4S. The van der Waals surface area contributed by atoms with Crippen molar-refractivity contribution in [2.24, 2.45) is 0 Å². The molecule has 0 unspecified atom stereocenters. The van der Waals surface area contributed by atoms with Crippen LogP contribution in [-0.2, 0) is 32.6 Å². The summed E-state index contributed by atoms with van der Waals surface area (Å²) in [6, 6.07) is 11.8. The highest BCUT2D eigenvalue weighted by atomic mass is 32.2. The minimum Gasteiger partial charge on any atom is -0.352 e. The smallest absolute Gasteiger partial charge is 0.244 e. The van der Waals surface area contributed by atoms with Gasteiger partial charge in [-0.15, -0.1) is 0 Å². The van der Waals surface area contributed by atoms with Gasteiger partial charge in [0.1, 0.15) is 18.4 Å². The van der Waals surface area contributed by atoms with Crippen molar-refractivity contribution in [3.63, 3.8) is 0 Å². The van der Waals surface area contributed by atoms with E-state index in [1.165, 1.54) is 23.1 Å². The van der Waals surface area contributed by atoms with Crippen molar-refractivity contribution >= 4 is 27.5 Å². The number of rotatable bonds is 11. The van der Waals surface area contributed by atoms with E-state index < -0.39 is 40.2 Å². The molecule has 0 aromatic heterocycles. The molecule has 0 bridgehead atoms. The molecule has 2 aromatic rings. The van der Waals surface area contributed by atoms with Crippen LogP contribution in [0.3, 0.4) is 0 Å². The molecule has 34 heavy (non-hydrogen) atoms. The van der Waals surface area contributed by atoms with Crippen LogP contribution < -0.4 is 9.62 Å². The van der Waals surface area contributed by atoms with E-state index in [0.29, 0.717) is 12.1 Å². The lowest BCUT2D eigenvalue weighted by molar-refractivity contribution is -0.139. The molecule has 2 amide bonds. The molecule has 0 spiro atoms. The standard InChI is InChI=1S/C25H34FN3O4S/c1-6-18(3)27-25(31)19(4)28(16-21-10-8-9-11-23(21)26)24(30)17-29(34(5,32)33)22-14-12-20(7-2)13-15-22/h8-15,18-19H,6-7,16-17H2,1-5H3,(H,27,31)/t18-,19+/m1/s1. The molecule has 0 heterocycles. The molecule has 0 saturated carbocycles. The normalized spacial score (nSPS) is 13.1. The number of benzene rings is 2. The van der Waals surface area contributed by atoms with Crippen molar-refractivity contribution in [3.8, 4) is 0 Å². The lowest BCUT2D eigenvalue weighted by Gasteiger charge is -2.32. The Kier molecular flexibility index (Phi) is 9.61. The number of amides is 2. The van der Waals surface area contributed by atoms with E-state index in [-0.39, 0.29) is 18.2 Å². The molecule has 0 aliphatic rings. The zero-order valence-corrected chi connectivity index (χ0v) is 21.2. The summed E-state index contributed by atoms with van der Waals surface area (Å²) in [5.74, 6) is -1.51. The summed E-state index contributed by atoms with van der Waals surface area (Å²) in [7, 11) is -3.80. The number of hydrogen-bond donors (Lipinski definition) is 1. The molecule has 1 N–H and O–H groups in total. The maximum absolute atomic E-state index is 14.4. The number of nitrogens with one attached hydrogen (secondary N) is 1. The predicted molar refractivity (Wildman–Crippen MR) is 132 cm³/mol. The molecule has 2 aromatic carbocycles. The van der Waals surface area contributed by atoms with E-state index in [2.05, 4.69) is 5.32 Å². The van der Waals surface area contributed by atoms with Gasteiger partial charge < -0.3 is 10.2 Å². The monoisotopic (exact) mass is 491 g/mol. The first-order chi connectivity index (χ1) is 16.0. The minimum atomic E-state index is -3.80. The van der Waals surface area contributed by atoms with Gasteiger partial charge in [0, 0.05) is 18.2 Å². The molecule has 9 heteroatoms. The number of nitrogens with zero attached hydrogens (tertiary/aromatic N) is 2. The lowest BCUT2D eigenvalue weighted by Crippen LogP contribution is -2.52. The quantitative estimate of drug-likeness (QED) is 0.521. The summed E-state index contributed by atoms with van der Waals surface area (Å²) in [5.41, 5.74) is 1.60. The number of aryl methyl sites for hydroxylation is 1. The number of anilines is 1. The van der Waals surface area contributed by atoms with Crippen LogP contribution in [-0.4, -0.2) is 50.0 Å². The Labute approximate surface area is 202 Å². The van der Waals surface area contributed by atoms with E-state index in [1.807, 2.05) is 20.8 Å². The second-order valence-corrected chi connectivity index (χ2v) is 10.3. The van der Waals surface area contributed by atoms with Crippen molar-refractivity contribution in [2.45, 2.75) is 59.2 Å². The average molecular weight is 492 g/mol. The highest BCUT2D eigenvalue weighted by Gasteiger charge is 2.30. The Hall–Kier alpha value is -2.94. The number of carbonyl (C=O) groups excluding carboxylic acids is 2. The minimum absolute atomic E-state index is 0.107. The molecule has 2 rings (SSSR count). The van der Waals surface area contributed by atoms with Crippen LogP contribution in [0.2, 0.25) is 0 Å². The number of hydrogen-bond acceptors (Lipinski definition) is 4. The van der Waals surface area contributed by atoms with Gasteiger partial charge >= 0.3 is 0 Å². The van der Waals surface area contributed by atoms with Crippen LogP contribution in [0.4, 0.5) is 10.1 Å². The Balaban J connectivity index is 2.39. The lowest BCUT2D eigenvalue weighted by atomic mass is 10.1. The zero-order valence-electron chi connectivity index (χ0n) is 20.4. The first-order valence-electron chi connectivity index (χ1n) is 11.4. The average Bonchev–Trinajstić information content (AvgIpc) is 2.80. The third-order valence-corrected chi connectivity index (χ3v) is 6.92. The molecule has 0 aliphatic heterocycles. The highest BCUT2D eigenvalue weighted by molar-refractivity contribution is 7.92. The van der Waals surface area contributed by atoms with Gasteiger partial charge in [-0.3, -0.25) is 13.9 Å². The van der Waals surface area contributed by atoms with Gasteiger partial charge in [-0.1, -0.05) is 44.2 Å². The van der Waals surface area contributed by atoms with Crippen LogP contribution in [0.5, 0.6) is 0 Å². The molecular weight excluding hydrogens is 457 g/mol. The van der Waals surface area contributed by atoms with Crippen molar-refractivity contribution < 1.29 is 22.4 Å². The molecule has 0 fully saturated rings. The van der Waals surface area contributed by atoms with E-state index in [0.717, 1.165) is 22.5 Å². The topological polar surface area (TPSA) is 86.8 Å². The summed E-state index contributed by atoms with van der Waals surface area (Å²) in [4.78, 5) is 27.5. The third kappa shape index (κ3) is 7.28. The molecule has 2 atom stereocenters. The second-order valence-electron chi connectivity index (χ2n) is 8.40. The Bertz CT molecular complexity index is 1090. The summed E-state index contributed by atoms with van der Waals surface area (Å²) in [5, 5.41) is 2.83. The fourth-order valence-electron chi connectivity index (χ4n) is 3.37. The van der Waals surface area contributed by atoms with Gasteiger partial charge in [0.2, 0.25) is 21.8 Å². The largest absolute Gasteiger partial charge is 0.352 e. The van der Waals surface area contributed by atoms with Gasteiger partial charge in [0.15, 0.2) is 0 Å². The third-order valence-electron chi connectivity index (χ3n) is 5.78. The van der Waals surface area contributed by atoms with Crippen molar-refractivity contribution in [1.82, 2.24) is 10.2 Å². The summed E-state index contributed by atoms with van der Waals surface area (Å²) < 4.78 is 40.5. The summed E-state index contributed by atoms with van der Waals surface area (Å²) in [6.07, 6.45) is 2.51. The number of carbonyl (C=O) groups is 2. The molecule has 186 valence electrons. The fourth-order valence-corrected chi connectivity index (χ4v) is 4.22. The van der Waals surface area contributed by atoms with E-state index in [9.17, 15) is 22.4 Å². The van der Waals surface area contributed by atoms with Crippen molar-refractivity contribution in [2.75, 3.05) is 17.1 Å². The van der Waals surface area contributed by atoms with Crippen LogP contribution in [0.1, 0.15) is 45.2 Å². The Morgan fingerprint density at radius 1 is 1.03 bits per heavy atom. The highest BCUT2D eigenvalue weighted by Crippen LogP contribution is 2.20. The Morgan fingerprint density at radius 2 is 1.65 bits per heavy atom. The Morgan fingerprint density at radius 3 is 2.18 bits per heavy atom. The van der Waals surface area contributed by atoms with Gasteiger partial charge in [-0.25, -0.2) is 12.8 Å². The van der Waals surface area contributed by atoms with E-state index in [1.54, 1.807) is 37.3 Å². The van der Waals surface area contributed by atoms with Gasteiger partial charge in [-0.2, -0.15) is 0 Å².